The van der Waals surface area contributed by atoms with Crippen LogP contribution in [0.15, 0.2) is 60.7 Å². The highest BCUT2D eigenvalue weighted by molar-refractivity contribution is 6.42. The number of amides is 3. The van der Waals surface area contributed by atoms with Crippen LogP contribution in [-0.4, -0.2) is 22.4 Å². The van der Waals surface area contributed by atoms with Gasteiger partial charge in [0.2, 0.25) is 0 Å². The van der Waals surface area contributed by atoms with Gasteiger partial charge in [0.1, 0.15) is 5.69 Å². The molecule has 3 aromatic carbocycles. The van der Waals surface area contributed by atoms with E-state index in [1.165, 1.54) is 4.68 Å². The molecule has 0 aliphatic heterocycles. The van der Waals surface area contributed by atoms with Crippen molar-refractivity contribution in [2.45, 2.75) is 27.7 Å². The van der Waals surface area contributed by atoms with Crippen molar-refractivity contribution < 1.29 is 14.4 Å². The Kier molecular flexibility index (Phi) is 6.62. The van der Waals surface area contributed by atoms with Gasteiger partial charge in [-0.2, -0.15) is 0 Å². The Morgan fingerprint density at radius 3 is 2.14 bits per heavy atom. The smallest absolute Gasteiger partial charge is 0.321 e. The van der Waals surface area contributed by atoms with E-state index in [1.54, 1.807) is 30.3 Å². The van der Waals surface area contributed by atoms with Crippen molar-refractivity contribution in [3.8, 4) is 0 Å². The molecule has 3 N–H and O–H groups in total. The highest BCUT2D eigenvalue weighted by Crippen LogP contribution is 2.24. The summed E-state index contributed by atoms with van der Waals surface area (Å²) in [6.07, 6.45) is 0. The lowest BCUT2D eigenvalue weighted by atomic mass is 10.1. The zero-order chi connectivity index (χ0) is 25.3. The molecule has 0 radical (unpaired) electrons. The number of anilines is 2. The minimum absolute atomic E-state index is 0.147. The van der Waals surface area contributed by atoms with E-state index in [0.717, 1.165) is 22.3 Å². The molecule has 35 heavy (non-hydrogen) atoms. The van der Waals surface area contributed by atoms with E-state index in [-0.39, 0.29) is 5.69 Å². The maximum absolute atomic E-state index is 13.2. The number of benzene rings is 3. The molecule has 7 nitrogen and oxygen atoms in total. The summed E-state index contributed by atoms with van der Waals surface area (Å²) < 4.78 is 1.30. The summed E-state index contributed by atoms with van der Waals surface area (Å²) in [6.45, 7) is 7.67. The summed E-state index contributed by atoms with van der Waals surface area (Å²) in [5.41, 5.74) is 8.27. The van der Waals surface area contributed by atoms with Crippen molar-refractivity contribution in [3.05, 3.63) is 93.6 Å². The number of aromatic nitrogens is 1. The molecule has 178 valence electrons. The summed E-state index contributed by atoms with van der Waals surface area (Å²) in [7, 11) is 0. The van der Waals surface area contributed by atoms with Crippen molar-refractivity contribution >= 4 is 51.6 Å². The van der Waals surface area contributed by atoms with Crippen molar-refractivity contribution in [2.75, 3.05) is 16.1 Å². The van der Waals surface area contributed by atoms with Gasteiger partial charge in [-0.05, 0) is 86.8 Å². The Bertz CT molecular complexity index is 1470. The Labute approximate surface area is 208 Å². The van der Waals surface area contributed by atoms with Crippen LogP contribution >= 0.6 is 11.6 Å². The summed E-state index contributed by atoms with van der Waals surface area (Å²) in [5, 5.41) is 6.61. The Hall–Kier alpha value is -4.10. The van der Waals surface area contributed by atoms with Gasteiger partial charge in [-0.15, -0.1) is 0 Å². The standard InChI is InChI=1S/C27H25ClN4O3/c1-15-5-7-22(18(4)10-15)30-26(34)27(35)31-32-23-8-6-20(28)13-19(23)14-24(32)25(33)29-21-11-16(2)9-17(3)12-21/h5-14H,1-4H3,(H,29,33)(H,30,34)(H,31,35). The second-order valence-electron chi connectivity index (χ2n) is 8.61. The minimum atomic E-state index is -0.919. The summed E-state index contributed by atoms with van der Waals surface area (Å²) in [4.78, 5) is 38.7. The van der Waals surface area contributed by atoms with E-state index in [9.17, 15) is 14.4 Å². The molecule has 0 bridgehead atoms. The number of aryl methyl sites for hydroxylation is 4. The van der Waals surface area contributed by atoms with Gasteiger partial charge >= 0.3 is 11.8 Å². The van der Waals surface area contributed by atoms with Crippen LogP contribution in [0.4, 0.5) is 11.4 Å². The molecule has 0 spiro atoms. The molecular weight excluding hydrogens is 464 g/mol. The molecule has 0 aliphatic carbocycles. The first kappa shape index (κ1) is 24.0. The molecular formula is C27H25ClN4O3. The fraction of sp³-hybridized carbons (Fsp3) is 0.148. The molecule has 0 saturated carbocycles. The van der Waals surface area contributed by atoms with E-state index < -0.39 is 17.7 Å². The molecule has 1 aromatic heterocycles. The lowest BCUT2D eigenvalue weighted by Gasteiger charge is -2.14. The molecule has 4 aromatic rings. The Morgan fingerprint density at radius 1 is 0.743 bits per heavy atom. The molecule has 8 heteroatoms. The van der Waals surface area contributed by atoms with Crippen LogP contribution in [0.25, 0.3) is 10.9 Å². The van der Waals surface area contributed by atoms with Gasteiger partial charge in [-0.3, -0.25) is 19.8 Å². The Balaban J connectivity index is 1.64. The van der Waals surface area contributed by atoms with Gasteiger partial charge in [-0.1, -0.05) is 35.4 Å². The molecule has 0 aliphatic rings. The van der Waals surface area contributed by atoms with E-state index in [1.807, 2.05) is 58.0 Å². The van der Waals surface area contributed by atoms with Crippen LogP contribution in [0.1, 0.15) is 32.7 Å². The molecule has 3 amide bonds. The largest absolute Gasteiger partial charge is 0.328 e. The van der Waals surface area contributed by atoms with Crippen LogP contribution in [0.2, 0.25) is 5.02 Å². The molecule has 4 rings (SSSR count). The lowest BCUT2D eigenvalue weighted by molar-refractivity contribution is -0.133. The lowest BCUT2D eigenvalue weighted by Crippen LogP contribution is -2.36. The molecule has 0 saturated heterocycles. The predicted molar refractivity (Wildman–Crippen MR) is 140 cm³/mol. The van der Waals surface area contributed by atoms with Gasteiger partial charge in [0.15, 0.2) is 0 Å². The average Bonchev–Trinajstić information content (AvgIpc) is 3.12. The van der Waals surface area contributed by atoms with Crippen molar-refractivity contribution in [3.63, 3.8) is 0 Å². The molecule has 0 atom stereocenters. The quantitative estimate of drug-likeness (QED) is 0.332. The minimum Gasteiger partial charge on any atom is -0.321 e. The fourth-order valence-corrected chi connectivity index (χ4v) is 4.18. The van der Waals surface area contributed by atoms with Crippen molar-refractivity contribution in [2.24, 2.45) is 0 Å². The van der Waals surface area contributed by atoms with Gasteiger partial charge in [-0.25, -0.2) is 4.68 Å². The number of nitrogens with zero attached hydrogens (tertiary/aromatic N) is 1. The number of carbonyl (C=O) groups is 3. The van der Waals surface area contributed by atoms with Crippen LogP contribution in [-0.2, 0) is 9.59 Å². The first-order chi connectivity index (χ1) is 16.6. The third-order valence-corrected chi connectivity index (χ3v) is 5.76. The van der Waals surface area contributed by atoms with Gasteiger partial charge in [0, 0.05) is 21.8 Å². The third kappa shape index (κ3) is 5.36. The zero-order valence-corrected chi connectivity index (χ0v) is 20.6. The summed E-state index contributed by atoms with van der Waals surface area (Å²) >= 11 is 6.14. The number of carbonyl (C=O) groups excluding carboxylic acids is 3. The molecule has 0 fully saturated rings. The van der Waals surface area contributed by atoms with Crippen LogP contribution in [0.5, 0.6) is 0 Å². The SMILES string of the molecule is Cc1cc(C)cc(NC(=O)c2cc3cc(Cl)ccc3n2NC(=O)C(=O)Nc2ccc(C)cc2C)c1. The topological polar surface area (TPSA) is 92.2 Å². The van der Waals surface area contributed by atoms with E-state index in [0.29, 0.717) is 27.3 Å². The van der Waals surface area contributed by atoms with Crippen molar-refractivity contribution in [1.29, 1.82) is 0 Å². The normalized spacial score (nSPS) is 10.8. The predicted octanol–water partition coefficient (Wildman–Crippen LogP) is 5.49. The van der Waals surface area contributed by atoms with Crippen LogP contribution < -0.4 is 16.1 Å². The van der Waals surface area contributed by atoms with Gasteiger partial charge < -0.3 is 10.6 Å². The maximum atomic E-state index is 13.2. The molecule has 1 heterocycles. The number of fused-ring (bicyclic) bond motifs is 1. The number of hydrogen-bond acceptors (Lipinski definition) is 3. The summed E-state index contributed by atoms with van der Waals surface area (Å²) in [6, 6.07) is 17.8. The van der Waals surface area contributed by atoms with E-state index in [2.05, 4.69) is 16.1 Å². The van der Waals surface area contributed by atoms with E-state index in [4.69, 9.17) is 11.6 Å². The number of hydrogen-bond donors (Lipinski definition) is 3. The number of nitrogens with one attached hydrogen (secondary N) is 3. The van der Waals surface area contributed by atoms with E-state index >= 15 is 0 Å². The van der Waals surface area contributed by atoms with Gasteiger partial charge in [0.25, 0.3) is 5.91 Å². The highest BCUT2D eigenvalue weighted by Gasteiger charge is 2.21. The first-order valence-corrected chi connectivity index (χ1v) is 11.4. The first-order valence-electron chi connectivity index (χ1n) is 11.0. The Morgan fingerprint density at radius 2 is 1.46 bits per heavy atom. The second kappa shape index (κ2) is 9.64. The highest BCUT2D eigenvalue weighted by atomic mass is 35.5. The van der Waals surface area contributed by atoms with Crippen molar-refractivity contribution in [1.82, 2.24) is 4.68 Å². The number of halogens is 1. The summed E-state index contributed by atoms with van der Waals surface area (Å²) in [5.74, 6) is -2.22. The van der Waals surface area contributed by atoms with Crippen LogP contribution in [0, 0.1) is 27.7 Å². The third-order valence-electron chi connectivity index (χ3n) is 5.53. The average molecular weight is 489 g/mol. The second-order valence-corrected chi connectivity index (χ2v) is 9.05. The van der Waals surface area contributed by atoms with Gasteiger partial charge in [0.05, 0.1) is 5.52 Å². The number of rotatable bonds is 4. The maximum Gasteiger partial charge on any atom is 0.328 e. The zero-order valence-electron chi connectivity index (χ0n) is 19.8. The van der Waals surface area contributed by atoms with Crippen LogP contribution in [0.3, 0.4) is 0 Å². The fourth-order valence-electron chi connectivity index (χ4n) is 4.00. The monoisotopic (exact) mass is 488 g/mol. The molecule has 0 unspecified atom stereocenters.